The normalized spacial score (nSPS) is 11.9. The van der Waals surface area contributed by atoms with Gasteiger partial charge in [0.25, 0.3) is 0 Å². The third-order valence-electron chi connectivity index (χ3n) is 7.37. The average Bonchev–Trinajstić information content (AvgIpc) is 3.46. The summed E-state index contributed by atoms with van der Waals surface area (Å²) in [4.78, 5) is 4.55. The molecule has 2 aromatic heterocycles. The Morgan fingerprint density at radius 1 is 0.512 bits per heavy atom. The molecule has 0 aliphatic rings. The Morgan fingerprint density at radius 3 is 1.51 bits per heavy atom. The van der Waals surface area contributed by atoms with Crippen molar-refractivity contribution in [1.82, 2.24) is 14.0 Å². The lowest BCUT2D eigenvalue weighted by Crippen LogP contribution is -2.15. The van der Waals surface area contributed by atoms with Gasteiger partial charge in [-0.1, -0.05) is 24.3 Å². The number of hydrogen-bond donors (Lipinski definition) is 0. The van der Waals surface area contributed by atoms with E-state index in [2.05, 4.69) is 4.98 Å². The molecule has 5 aromatic carbocycles. The molecule has 0 unspecified atom stereocenters. The fraction of sp³-hybridized carbons (Fsp3) is 0.0312. The van der Waals surface area contributed by atoms with Gasteiger partial charge in [0.2, 0.25) is 5.78 Å². The van der Waals surface area contributed by atoms with Crippen molar-refractivity contribution in [2.24, 2.45) is 0 Å². The first-order valence-electron chi connectivity index (χ1n) is 12.8. The van der Waals surface area contributed by atoms with Gasteiger partial charge >= 0.3 is 0 Å². The van der Waals surface area contributed by atoms with Crippen LogP contribution in [0.2, 0.25) is 0 Å². The molecule has 0 amide bonds. The zero-order valence-corrected chi connectivity index (χ0v) is 21.5. The van der Waals surface area contributed by atoms with Crippen LogP contribution in [0.4, 0.5) is 35.1 Å². The first-order chi connectivity index (χ1) is 20.6. The van der Waals surface area contributed by atoms with E-state index in [1.165, 1.54) is 4.57 Å². The zero-order chi connectivity index (χ0) is 30.2. The highest BCUT2D eigenvalue weighted by molar-refractivity contribution is 5.92. The van der Waals surface area contributed by atoms with Crippen LogP contribution >= 0.6 is 0 Å². The Hall–Kier alpha value is -5.19. The van der Waals surface area contributed by atoms with Crippen LogP contribution in [0.3, 0.4) is 0 Å². The molecule has 2 heterocycles. The Bertz CT molecular complexity index is 2130. The Kier molecular flexibility index (Phi) is 6.01. The van der Waals surface area contributed by atoms with Gasteiger partial charge in [0.15, 0.2) is 11.6 Å². The molecule has 3 nitrogen and oxygen atoms in total. The van der Waals surface area contributed by atoms with Crippen molar-refractivity contribution in [2.75, 3.05) is 0 Å². The smallest absolute Gasteiger partial charge is 0.220 e. The quantitative estimate of drug-likeness (QED) is 0.148. The molecule has 0 radical (unpaired) electrons. The molecule has 0 atom stereocenters. The molecule has 11 heteroatoms. The van der Waals surface area contributed by atoms with Gasteiger partial charge in [0, 0.05) is 41.3 Å². The first kappa shape index (κ1) is 26.7. The van der Waals surface area contributed by atoms with Gasteiger partial charge in [-0.15, -0.1) is 0 Å². The molecule has 214 valence electrons. The summed E-state index contributed by atoms with van der Waals surface area (Å²) in [7, 11) is 0. The summed E-state index contributed by atoms with van der Waals surface area (Å²) in [5.41, 5.74) is -1.29. The minimum Gasteiger partial charge on any atom is -0.276 e. The molecular formula is C32H15F8N3. The maximum absolute atomic E-state index is 16.1. The first-order valence-corrected chi connectivity index (χ1v) is 12.8. The number of halogens is 8. The summed E-state index contributed by atoms with van der Waals surface area (Å²) in [5.74, 6) is -13.5. The van der Waals surface area contributed by atoms with Gasteiger partial charge in [0.05, 0.1) is 22.1 Å². The molecular weight excluding hydrogens is 578 g/mol. The Labute approximate surface area is 236 Å². The van der Waals surface area contributed by atoms with E-state index < -0.39 is 74.8 Å². The second-order valence-corrected chi connectivity index (χ2v) is 9.89. The molecule has 0 fully saturated rings. The van der Waals surface area contributed by atoms with Gasteiger partial charge in [-0.25, -0.2) is 40.1 Å². The molecule has 0 saturated carbocycles. The number of benzene rings is 5. The van der Waals surface area contributed by atoms with Crippen LogP contribution in [0.1, 0.15) is 22.6 Å². The highest BCUT2D eigenvalue weighted by atomic mass is 19.2. The minimum atomic E-state index is -2.17. The predicted octanol–water partition coefficient (Wildman–Crippen LogP) is 8.72. The summed E-state index contributed by atoms with van der Waals surface area (Å²) < 4.78 is 123. The van der Waals surface area contributed by atoms with E-state index in [9.17, 15) is 8.78 Å². The van der Waals surface area contributed by atoms with Crippen LogP contribution in [0.25, 0.3) is 33.5 Å². The van der Waals surface area contributed by atoms with E-state index in [-0.39, 0.29) is 30.0 Å². The highest BCUT2D eigenvalue weighted by Gasteiger charge is 2.32. The summed E-state index contributed by atoms with van der Waals surface area (Å²) in [6, 6.07) is 16.1. The fourth-order valence-corrected chi connectivity index (χ4v) is 5.67. The molecule has 0 saturated heterocycles. The second-order valence-electron chi connectivity index (χ2n) is 9.89. The average molecular weight is 593 g/mol. The van der Waals surface area contributed by atoms with Gasteiger partial charge in [-0.05, 0) is 42.0 Å². The van der Waals surface area contributed by atoms with Crippen LogP contribution in [-0.4, -0.2) is 14.0 Å². The molecule has 7 rings (SSSR count). The van der Waals surface area contributed by atoms with Crippen molar-refractivity contribution in [3.63, 3.8) is 0 Å². The van der Waals surface area contributed by atoms with Crippen LogP contribution in [0, 0.1) is 46.5 Å². The maximum Gasteiger partial charge on any atom is 0.220 e. The number of aromatic nitrogens is 3. The predicted molar refractivity (Wildman–Crippen MR) is 143 cm³/mol. The number of rotatable bonds is 4. The van der Waals surface area contributed by atoms with Crippen molar-refractivity contribution in [1.29, 1.82) is 0 Å². The SMILES string of the molecule is Fc1cc(F)c(C(c2cc(F)c(-n3c4ccccc4n4c5ccccc5nc34)c(F)c2)c2c(F)cc(F)cc2F)c(F)c1. The van der Waals surface area contributed by atoms with Crippen LogP contribution < -0.4 is 0 Å². The van der Waals surface area contributed by atoms with Crippen molar-refractivity contribution < 1.29 is 35.1 Å². The highest BCUT2D eigenvalue weighted by Crippen LogP contribution is 2.40. The standard InChI is InChI=1S/C32H15F8N3/c33-16-11-18(35)29(19(36)12-16)28(30-20(37)13-17(34)14-21(30)38)15-9-22(39)31(23(40)10-15)43-27-8-4-3-7-26(27)42-25-6-2-1-5-24(25)41-32(42)43/h1-14,28H. The van der Waals surface area contributed by atoms with Gasteiger partial charge in [0.1, 0.15) is 40.6 Å². The minimum absolute atomic E-state index is 0.149. The molecule has 7 aromatic rings. The molecule has 0 spiro atoms. The maximum atomic E-state index is 16.1. The molecule has 0 aliphatic heterocycles. The number of hydrogen-bond acceptors (Lipinski definition) is 1. The number of imidazole rings is 2. The van der Waals surface area contributed by atoms with Crippen LogP contribution in [0.15, 0.2) is 84.9 Å². The largest absolute Gasteiger partial charge is 0.276 e. The Morgan fingerprint density at radius 2 is 0.977 bits per heavy atom. The molecule has 0 bridgehead atoms. The molecule has 0 N–H and O–H groups in total. The number of para-hydroxylation sites is 4. The van der Waals surface area contributed by atoms with E-state index in [1.54, 1.807) is 52.9 Å². The van der Waals surface area contributed by atoms with Crippen LogP contribution in [-0.2, 0) is 0 Å². The fourth-order valence-electron chi connectivity index (χ4n) is 5.67. The van der Waals surface area contributed by atoms with Gasteiger partial charge in [-0.2, -0.15) is 0 Å². The van der Waals surface area contributed by atoms with E-state index in [0.29, 0.717) is 34.2 Å². The van der Waals surface area contributed by atoms with Crippen LogP contribution in [0.5, 0.6) is 0 Å². The lowest BCUT2D eigenvalue weighted by molar-refractivity contribution is 0.496. The molecule has 0 aliphatic carbocycles. The zero-order valence-electron chi connectivity index (χ0n) is 21.5. The van der Waals surface area contributed by atoms with Crippen molar-refractivity contribution in [3.8, 4) is 5.69 Å². The van der Waals surface area contributed by atoms with Crippen molar-refractivity contribution in [2.45, 2.75) is 5.92 Å². The number of nitrogens with zero attached hydrogens (tertiary/aromatic N) is 3. The van der Waals surface area contributed by atoms with Gasteiger partial charge < -0.3 is 0 Å². The third kappa shape index (κ3) is 4.06. The van der Waals surface area contributed by atoms with Crippen molar-refractivity contribution in [3.05, 3.63) is 148 Å². The lowest BCUT2D eigenvalue weighted by Gasteiger charge is -2.22. The monoisotopic (exact) mass is 593 g/mol. The summed E-state index contributed by atoms with van der Waals surface area (Å²) in [6.45, 7) is 0. The summed E-state index contributed by atoms with van der Waals surface area (Å²) >= 11 is 0. The third-order valence-corrected chi connectivity index (χ3v) is 7.37. The van der Waals surface area contributed by atoms with E-state index >= 15 is 26.3 Å². The lowest BCUT2D eigenvalue weighted by atomic mass is 9.83. The van der Waals surface area contributed by atoms with E-state index in [1.807, 2.05) is 0 Å². The summed E-state index contributed by atoms with van der Waals surface area (Å²) in [5, 5.41) is 0. The Balaban J connectivity index is 1.52. The van der Waals surface area contributed by atoms with E-state index in [4.69, 9.17) is 0 Å². The molecule has 43 heavy (non-hydrogen) atoms. The number of fused-ring (bicyclic) bond motifs is 5. The topological polar surface area (TPSA) is 22.2 Å². The van der Waals surface area contributed by atoms with Crippen molar-refractivity contribution >= 4 is 27.8 Å². The van der Waals surface area contributed by atoms with E-state index in [0.717, 1.165) is 0 Å². The second kappa shape index (κ2) is 9.69. The van der Waals surface area contributed by atoms with Gasteiger partial charge in [-0.3, -0.25) is 8.97 Å². The summed E-state index contributed by atoms with van der Waals surface area (Å²) in [6.07, 6.45) is 0.